The molecule has 2 aliphatic rings. The lowest BCUT2D eigenvalue weighted by Gasteiger charge is -2.26. The number of urea groups is 1. The predicted molar refractivity (Wildman–Crippen MR) is 95.1 cm³/mol. The van der Waals surface area contributed by atoms with E-state index >= 15 is 0 Å². The highest BCUT2D eigenvalue weighted by atomic mass is 32.1. The Labute approximate surface area is 148 Å². The number of carbonyl (C=O) groups is 1. The van der Waals surface area contributed by atoms with Gasteiger partial charge in [0.2, 0.25) is 0 Å². The fourth-order valence-corrected chi connectivity index (χ4v) is 4.12. The van der Waals surface area contributed by atoms with Gasteiger partial charge >= 0.3 is 6.03 Å². The molecule has 2 heterocycles. The van der Waals surface area contributed by atoms with Crippen LogP contribution in [0, 0.1) is 0 Å². The van der Waals surface area contributed by atoms with Crippen molar-refractivity contribution in [2.24, 2.45) is 0 Å². The fraction of sp³-hybridized carbons (Fsp3) is 0.765. The molecule has 1 saturated heterocycles. The quantitative estimate of drug-likeness (QED) is 0.884. The summed E-state index contributed by atoms with van der Waals surface area (Å²) in [5.41, 5.74) is 0.976. The van der Waals surface area contributed by atoms with Gasteiger partial charge in [0.05, 0.1) is 32.0 Å². The van der Waals surface area contributed by atoms with Crippen LogP contribution in [0.4, 0.5) is 4.79 Å². The lowest BCUT2D eigenvalue weighted by Crippen LogP contribution is -2.43. The van der Waals surface area contributed by atoms with Crippen molar-refractivity contribution in [2.75, 3.05) is 33.4 Å². The average molecular weight is 353 g/mol. The van der Waals surface area contributed by atoms with Gasteiger partial charge in [-0.05, 0) is 12.8 Å². The van der Waals surface area contributed by atoms with Crippen molar-refractivity contribution < 1.29 is 9.53 Å². The second-order valence-corrected chi connectivity index (χ2v) is 7.70. The van der Waals surface area contributed by atoms with Crippen LogP contribution >= 0.6 is 11.3 Å². The smallest absolute Gasteiger partial charge is 0.317 e. The molecule has 6 nitrogen and oxygen atoms in total. The fourth-order valence-electron chi connectivity index (χ4n) is 3.29. The Bertz CT molecular complexity index is 524. The Morgan fingerprint density at radius 2 is 2.12 bits per heavy atom. The highest BCUT2D eigenvalue weighted by Crippen LogP contribution is 2.18. The van der Waals surface area contributed by atoms with E-state index in [1.807, 2.05) is 7.05 Å². The molecule has 2 amide bonds. The highest BCUT2D eigenvalue weighted by molar-refractivity contribution is 7.09. The second kappa shape index (κ2) is 8.78. The minimum absolute atomic E-state index is 0.0182. The van der Waals surface area contributed by atoms with Crippen molar-refractivity contribution >= 4 is 17.4 Å². The van der Waals surface area contributed by atoms with Gasteiger partial charge in [-0.3, -0.25) is 4.90 Å². The van der Waals surface area contributed by atoms with Gasteiger partial charge in [-0.15, -0.1) is 11.3 Å². The van der Waals surface area contributed by atoms with Crippen molar-refractivity contribution in [3.05, 3.63) is 16.1 Å². The predicted octanol–water partition coefficient (Wildman–Crippen LogP) is 2.45. The summed E-state index contributed by atoms with van der Waals surface area (Å²) in [6.45, 7) is 5.01. The Balaban J connectivity index is 1.45. The van der Waals surface area contributed by atoms with Gasteiger partial charge in [0, 0.05) is 31.6 Å². The van der Waals surface area contributed by atoms with Gasteiger partial charge in [0.15, 0.2) is 0 Å². The van der Waals surface area contributed by atoms with Crippen LogP contribution in [0.15, 0.2) is 5.38 Å². The van der Waals surface area contributed by atoms with Crippen LogP contribution in [0.3, 0.4) is 0 Å². The Morgan fingerprint density at radius 1 is 1.38 bits per heavy atom. The summed E-state index contributed by atoms with van der Waals surface area (Å²) in [6, 6.07) is 0.366. The van der Waals surface area contributed by atoms with Crippen molar-refractivity contribution in [2.45, 2.75) is 51.2 Å². The molecule has 0 spiro atoms. The first-order chi connectivity index (χ1) is 11.7. The van der Waals surface area contributed by atoms with Crippen LogP contribution in [-0.4, -0.2) is 60.2 Å². The Kier molecular flexibility index (Phi) is 6.45. The minimum atomic E-state index is 0.0182. The van der Waals surface area contributed by atoms with E-state index in [0.717, 1.165) is 56.4 Å². The molecule has 0 unspecified atom stereocenters. The molecule has 1 aromatic rings. The summed E-state index contributed by atoms with van der Waals surface area (Å²) in [7, 11) is 1.85. The van der Waals surface area contributed by atoms with Crippen LogP contribution in [0.1, 0.15) is 42.8 Å². The van der Waals surface area contributed by atoms with Crippen molar-refractivity contribution in [3.63, 3.8) is 0 Å². The van der Waals surface area contributed by atoms with E-state index in [-0.39, 0.29) is 6.03 Å². The van der Waals surface area contributed by atoms with Gasteiger partial charge in [-0.1, -0.05) is 19.3 Å². The van der Waals surface area contributed by atoms with Gasteiger partial charge in [-0.2, -0.15) is 0 Å². The number of hydrogen-bond acceptors (Lipinski definition) is 5. The maximum atomic E-state index is 12.3. The minimum Gasteiger partial charge on any atom is -0.379 e. The Morgan fingerprint density at radius 3 is 2.88 bits per heavy atom. The number of amides is 2. The third-order valence-corrected chi connectivity index (χ3v) is 5.62. The third-order valence-electron chi connectivity index (χ3n) is 4.74. The zero-order valence-electron chi connectivity index (χ0n) is 14.5. The lowest BCUT2D eigenvalue weighted by atomic mass is 9.96. The van der Waals surface area contributed by atoms with Crippen molar-refractivity contribution in [3.8, 4) is 0 Å². The highest BCUT2D eigenvalue weighted by Gasteiger charge is 2.19. The maximum Gasteiger partial charge on any atom is 0.317 e. The largest absolute Gasteiger partial charge is 0.379 e. The summed E-state index contributed by atoms with van der Waals surface area (Å²) in [4.78, 5) is 21.1. The molecule has 7 heteroatoms. The standard InChI is InChI=1S/C17H28N4O2S/c1-20(17(22)19-14-5-3-2-4-6-14)11-15-13-24-16(18-15)12-21-7-9-23-10-8-21/h13-14H,2-12H2,1H3,(H,19,22). The number of carbonyl (C=O) groups excluding carboxylic acids is 1. The van der Waals surface area contributed by atoms with Gasteiger partial charge in [-0.25, -0.2) is 9.78 Å². The van der Waals surface area contributed by atoms with Crippen LogP contribution in [-0.2, 0) is 17.8 Å². The van der Waals surface area contributed by atoms with Gasteiger partial charge < -0.3 is 15.0 Å². The van der Waals surface area contributed by atoms with E-state index in [9.17, 15) is 4.79 Å². The van der Waals surface area contributed by atoms with E-state index in [4.69, 9.17) is 4.74 Å². The number of rotatable bonds is 5. The molecule has 0 atom stereocenters. The molecule has 1 aromatic heterocycles. The lowest BCUT2D eigenvalue weighted by molar-refractivity contribution is 0.0341. The number of nitrogens with zero attached hydrogens (tertiary/aromatic N) is 3. The molecule has 0 bridgehead atoms. The molecule has 1 aliphatic heterocycles. The van der Waals surface area contributed by atoms with Crippen LogP contribution < -0.4 is 5.32 Å². The number of aromatic nitrogens is 1. The first kappa shape index (κ1) is 17.6. The molecule has 1 aliphatic carbocycles. The molecule has 2 fully saturated rings. The molecule has 24 heavy (non-hydrogen) atoms. The van der Waals surface area contributed by atoms with E-state index < -0.39 is 0 Å². The maximum absolute atomic E-state index is 12.3. The van der Waals surface area contributed by atoms with Crippen LogP contribution in [0.25, 0.3) is 0 Å². The SMILES string of the molecule is CN(Cc1csc(CN2CCOCC2)n1)C(=O)NC1CCCCC1. The summed E-state index contributed by atoms with van der Waals surface area (Å²) >= 11 is 1.68. The number of ether oxygens (including phenoxy) is 1. The van der Waals surface area contributed by atoms with E-state index in [1.165, 1.54) is 19.3 Å². The average Bonchev–Trinajstić information content (AvgIpc) is 3.03. The Hall–Kier alpha value is -1.18. The zero-order valence-corrected chi connectivity index (χ0v) is 15.3. The topological polar surface area (TPSA) is 57.7 Å². The summed E-state index contributed by atoms with van der Waals surface area (Å²) in [5.74, 6) is 0. The van der Waals surface area contributed by atoms with Crippen molar-refractivity contribution in [1.82, 2.24) is 20.1 Å². The molecule has 1 N–H and O–H groups in total. The van der Waals surface area contributed by atoms with E-state index in [1.54, 1.807) is 16.2 Å². The summed E-state index contributed by atoms with van der Waals surface area (Å²) < 4.78 is 5.37. The molecule has 1 saturated carbocycles. The summed E-state index contributed by atoms with van der Waals surface area (Å²) in [6.07, 6.45) is 5.98. The molecular weight excluding hydrogens is 324 g/mol. The number of thiazole rings is 1. The molecule has 3 rings (SSSR count). The number of hydrogen-bond donors (Lipinski definition) is 1. The second-order valence-electron chi connectivity index (χ2n) is 6.76. The molecule has 0 radical (unpaired) electrons. The zero-order chi connectivity index (χ0) is 16.8. The molecule has 134 valence electrons. The van der Waals surface area contributed by atoms with Gasteiger partial charge in [0.25, 0.3) is 0 Å². The summed E-state index contributed by atoms with van der Waals surface area (Å²) in [5, 5.41) is 6.34. The number of morpholine rings is 1. The first-order valence-corrected chi connectivity index (χ1v) is 9.83. The normalized spacial score (nSPS) is 20.0. The van der Waals surface area contributed by atoms with Crippen LogP contribution in [0.5, 0.6) is 0 Å². The molecule has 0 aromatic carbocycles. The molecular formula is C17H28N4O2S. The monoisotopic (exact) mass is 352 g/mol. The first-order valence-electron chi connectivity index (χ1n) is 8.96. The van der Waals surface area contributed by atoms with Crippen molar-refractivity contribution in [1.29, 1.82) is 0 Å². The van der Waals surface area contributed by atoms with Crippen LogP contribution in [0.2, 0.25) is 0 Å². The third kappa shape index (κ3) is 5.16. The van der Waals surface area contributed by atoms with E-state index in [2.05, 4.69) is 20.6 Å². The number of nitrogens with one attached hydrogen (secondary N) is 1. The van der Waals surface area contributed by atoms with Gasteiger partial charge in [0.1, 0.15) is 5.01 Å². The van der Waals surface area contributed by atoms with E-state index in [0.29, 0.717) is 12.6 Å².